The average Bonchev–Trinajstić information content (AvgIpc) is 2.78. The number of ether oxygens (including phenoxy) is 1. The van der Waals surface area contributed by atoms with E-state index in [0.717, 1.165) is 29.2 Å². The van der Waals surface area contributed by atoms with E-state index in [9.17, 15) is 4.39 Å². The van der Waals surface area contributed by atoms with Crippen molar-refractivity contribution >= 4 is 0 Å². The molecule has 0 aliphatic carbocycles. The van der Waals surface area contributed by atoms with Gasteiger partial charge in [-0.05, 0) is 38.7 Å². The quantitative estimate of drug-likeness (QED) is 0.850. The molecule has 1 aromatic carbocycles. The number of hydrogen-bond donors (Lipinski definition) is 1. The van der Waals surface area contributed by atoms with Gasteiger partial charge in [0.2, 0.25) is 5.88 Å². The van der Waals surface area contributed by atoms with Gasteiger partial charge in [-0.15, -0.1) is 0 Å². The summed E-state index contributed by atoms with van der Waals surface area (Å²) in [4.78, 5) is 2.12. The maximum absolute atomic E-state index is 13.1. The molecular weight excluding hydrogens is 295 g/mol. The summed E-state index contributed by atoms with van der Waals surface area (Å²) in [5.74, 6) is 0.563. The maximum Gasteiger partial charge on any atom is 0.216 e. The summed E-state index contributed by atoms with van der Waals surface area (Å²) in [6.07, 6.45) is 0. The molecule has 0 spiro atoms. The first-order valence-electron chi connectivity index (χ1n) is 7.63. The molecule has 0 aliphatic heterocycles. The molecule has 2 aromatic rings. The highest BCUT2D eigenvalue weighted by Crippen LogP contribution is 2.22. The van der Waals surface area contributed by atoms with Gasteiger partial charge in [-0.2, -0.15) is 5.10 Å². The highest BCUT2D eigenvalue weighted by Gasteiger charge is 2.16. The molecule has 0 fully saturated rings. The average molecular weight is 320 g/mol. The van der Waals surface area contributed by atoms with E-state index in [-0.39, 0.29) is 11.9 Å². The van der Waals surface area contributed by atoms with E-state index in [4.69, 9.17) is 4.74 Å². The number of halogens is 1. The largest absolute Gasteiger partial charge is 0.481 e. The van der Waals surface area contributed by atoms with Crippen molar-refractivity contribution in [1.29, 1.82) is 0 Å². The van der Waals surface area contributed by atoms with Gasteiger partial charge < -0.3 is 15.0 Å². The summed E-state index contributed by atoms with van der Waals surface area (Å²) in [5, 5.41) is 7.84. The fourth-order valence-corrected chi connectivity index (χ4v) is 2.76. The van der Waals surface area contributed by atoms with Crippen LogP contribution in [0.15, 0.2) is 24.3 Å². The van der Waals surface area contributed by atoms with E-state index in [1.165, 1.54) is 12.1 Å². The van der Waals surface area contributed by atoms with Crippen molar-refractivity contribution in [2.75, 3.05) is 27.7 Å². The highest BCUT2D eigenvalue weighted by molar-refractivity contribution is 5.30. The van der Waals surface area contributed by atoms with Gasteiger partial charge in [0.05, 0.1) is 18.4 Å². The van der Waals surface area contributed by atoms with E-state index in [0.29, 0.717) is 6.54 Å². The Morgan fingerprint density at radius 1 is 1.30 bits per heavy atom. The standard InChI is InChI=1S/C17H25FN4O/c1-12-15(17(23-5)22(4)20-12)10-19-11-16(21(2)3)13-6-8-14(18)9-7-13/h6-9,16,19H,10-11H2,1-5H3/t16-/m1/s1. The Morgan fingerprint density at radius 2 is 1.96 bits per heavy atom. The second-order valence-electron chi connectivity index (χ2n) is 5.86. The van der Waals surface area contributed by atoms with Gasteiger partial charge in [-0.1, -0.05) is 12.1 Å². The van der Waals surface area contributed by atoms with Gasteiger partial charge in [0, 0.05) is 26.2 Å². The van der Waals surface area contributed by atoms with Crippen molar-refractivity contribution < 1.29 is 9.13 Å². The second kappa shape index (κ2) is 7.57. The van der Waals surface area contributed by atoms with Crippen molar-refractivity contribution in [1.82, 2.24) is 20.0 Å². The number of aromatic nitrogens is 2. The molecular formula is C17H25FN4O. The molecule has 0 saturated carbocycles. The van der Waals surface area contributed by atoms with Crippen LogP contribution < -0.4 is 10.1 Å². The summed E-state index contributed by atoms with van der Waals surface area (Å²) >= 11 is 0. The molecule has 126 valence electrons. The number of hydrogen-bond acceptors (Lipinski definition) is 4. The van der Waals surface area contributed by atoms with Crippen LogP contribution in [0.2, 0.25) is 0 Å². The van der Waals surface area contributed by atoms with Crippen molar-refractivity contribution in [3.8, 4) is 5.88 Å². The van der Waals surface area contributed by atoms with Crippen molar-refractivity contribution in [3.63, 3.8) is 0 Å². The van der Waals surface area contributed by atoms with Gasteiger partial charge in [0.15, 0.2) is 0 Å². The molecule has 1 heterocycles. The van der Waals surface area contributed by atoms with Crippen LogP contribution in [0.1, 0.15) is 22.9 Å². The van der Waals surface area contributed by atoms with Crippen LogP contribution in [-0.4, -0.2) is 42.4 Å². The summed E-state index contributed by atoms with van der Waals surface area (Å²) in [7, 11) is 7.56. The van der Waals surface area contributed by atoms with E-state index in [1.807, 2.05) is 40.2 Å². The summed E-state index contributed by atoms with van der Waals surface area (Å²) in [6.45, 7) is 3.40. The number of aryl methyl sites for hydroxylation is 2. The first kappa shape index (κ1) is 17.4. The van der Waals surface area contributed by atoms with Crippen LogP contribution in [0.25, 0.3) is 0 Å². The Hall–Kier alpha value is -1.92. The van der Waals surface area contributed by atoms with Gasteiger partial charge in [-0.3, -0.25) is 0 Å². The topological polar surface area (TPSA) is 42.3 Å². The lowest BCUT2D eigenvalue weighted by atomic mass is 10.1. The van der Waals surface area contributed by atoms with Gasteiger partial charge >= 0.3 is 0 Å². The van der Waals surface area contributed by atoms with E-state index < -0.39 is 0 Å². The number of methoxy groups -OCH3 is 1. The Bertz CT molecular complexity index is 637. The zero-order valence-corrected chi connectivity index (χ0v) is 14.4. The normalized spacial score (nSPS) is 12.7. The molecule has 1 N–H and O–H groups in total. The second-order valence-corrected chi connectivity index (χ2v) is 5.86. The van der Waals surface area contributed by atoms with E-state index >= 15 is 0 Å². The first-order valence-corrected chi connectivity index (χ1v) is 7.63. The third-order valence-electron chi connectivity index (χ3n) is 4.00. The van der Waals surface area contributed by atoms with Gasteiger partial charge in [0.25, 0.3) is 0 Å². The fourth-order valence-electron chi connectivity index (χ4n) is 2.76. The van der Waals surface area contributed by atoms with Crippen molar-refractivity contribution in [2.24, 2.45) is 7.05 Å². The van der Waals surface area contributed by atoms with Crippen molar-refractivity contribution in [2.45, 2.75) is 19.5 Å². The monoisotopic (exact) mass is 320 g/mol. The number of rotatable bonds is 7. The Kier molecular flexibility index (Phi) is 5.74. The van der Waals surface area contributed by atoms with Crippen LogP contribution in [0, 0.1) is 12.7 Å². The molecule has 0 unspecified atom stereocenters. The minimum atomic E-state index is -0.213. The molecule has 0 saturated heterocycles. The maximum atomic E-state index is 13.1. The third kappa shape index (κ3) is 4.09. The molecule has 1 aromatic heterocycles. The molecule has 2 rings (SSSR count). The molecule has 0 aliphatic rings. The molecule has 5 nitrogen and oxygen atoms in total. The van der Waals surface area contributed by atoms with Gasteiger partial charge in [0.1, 0.15) is 5.82 Å². The Morgan fingerprint density at radius 3 is 2.52 bits per heavy atom. The SMILES string of the molecule is COc1c(CNC[C@H](c2ccc(F)cc2)N(C)C)c(C)nn1C. The summed E-state index contributed by atoms with van der Waals surface area (Å²) in [5.41, 5.74) is 3.10. The Labute approximate surface area is 137 Å². The summed E-state index contributed by atoms with van der Waals surface area (Å²) in [6, 6.07) is 6.83. The zero-order chi connectivity index (χ0) is 17.0. The van der Waals surface area contributed by atoms with Crippen LogP contribution in [-0.2, 0) is 13.6 Å². The van der Waals surface area contributed by atoms with Crippen molar-refractivity contribution in [3.05, 3.63) is 46.9 Å². The minimum Gasteiger partial charge on any atom is -0.481 e. The molecule has 1 atom stereocenters. The predicted molar refractivity (Wildman–Crippen MR) is 89.0 cm³/mol. The van der Waals surface area contributed by atoms with E-state index in [1.54, 1.807) is 11.8 Å². The molecule has 0 amide bonds. The number of nitrogens with zero attached hydrogens (tertiary/aromatic N) is 3. The minimum absolute atomic E-state index is 0.165. The summed E-state index contributed by atoms with van der Waals surface area (Å²) < 4.78 is 20.3. The Balaban J connectivity index is 2.04. The van der Waals surface area contributed by atoms with Gasteiger partial charge in [-0.25, -0.2) is 9.07 Å². The fraction of sp³-hybridized carbons (Fsp3) is 0.471. The lowest BCUT2D eigenvalue weighted by molar-refractivity contribution is 0.287. The van der Waals surface area contributed by atoms with Crippen LogP contribution in [0.3, 0.4) is 0 Å². The number of likely N-dealkylation sites (N-methyl/N-ethyl adjacent to an activating group) is 1. The van der Waals surface area contributed by atoms with E-state index in [2.05, 4.69) is 15.3 Å². The highest BCUT2D eigenvalue weighted by atomic mass is 19.1. The lowest BCUT2D eigenvalue weighted by Gasteiger charge is -2.25. The van der Waals surface area contributed by atoms with Crippen LogP contribution >= 0.6 is 0 Å². The predicted octanol–water partition coefficient (Wildman–Crippen LogP) is 2.27. The molecule has 0 bridgehead atoms. The molecule has 23 heavy (non-hydrogen) atoms. The third-order valence-corrected chi connectivity index (χ3v) is 4.00. The molecule has 0 radical (unpaired) electrons. The first-order chi connectivity index (χ1) is 10.9. The number of nitrogens with one attached hydrogen (secondary N) is 1. The zero-order valence-electron chi connectivity index (χ0n) is 14.4. The van der Waals surface area contributed by atoms with Crippen LogP contribution in [0.4, 0.5) is 4.39 Å². The smallest absolute Gasteiger partial charge is 0.216 e. The lowest BCUT2D eigenvalue weighted by Crippen LogP contribution is -2.31. The molecule has 6 heteroatoms. The number of benzene rings is 1. The van der Waals surface area contributed by atoms with Crippen LogP contribution in [0.5, 0.6) is 5.88 Å².